The van der Waals surface area contributed by atoms with Gasteiger partial charge in [-0.05, 0) is 32.4 Å². The van der Waals surface area contributed by atoms with Crippen LogP contribution in [0.4, 0.5) is 5.82 Å². The highest BCUT2D eigenvalue weighted by Gasteiger charge is 2.10. The summed E-state index contributed by atoms with van der Waals surface area (Å²) < 4.78 is 1.98. The highest BCUT2D eigenvalue weighted by Crippen LogP contribution is 2.18. The third-order valence-corrected chi connectivity index (χ3v) is 2.49. The fourth-order valence-corrected chi connectivity index (χ4v) is 1.68. The lowest BCUT2D eigenvalue weighted by atomic mass is 10.3. The van der Waals surface area contributed by atoms with Gasteiger partial charge in [0.1, 0.15) is 17.5 Å². The van der Waals surface area contributed by atoms with E-state index in [1.807, 2.05) is 43.5 Å². The number of hydrogen-bond acceptors (Lipinski definition) is 3. The molecule has 1 atom stereocenters. The summed E-state index contributed by atoms with van der Waals surface area (Å²) in [4.78, 5) is 4.43. The van der Waals surface area contributed by atoms with Crippen LogP contribution < -0.4 is 5.32 Å². The number of pyridine rings is 1. The maximum Gasteiger partial charge on any atom is 0.138 e. The van der Waals surface area contributed by atoms with Gasteiger partial charge < -0.3 is 5.32 Å². The third-order valence-electron chi connectivity index (χ3n) is 2.49. The quantitative estimate of drug-likeness (QED) is 0.834. The molecule has 0 spiro atoms. The number of nitrogens with one attached hydrogen (secondary N) is 1. The van der Waals surface area contributed by atoms with Crippen LogP contribution in [0, 0.1) is 25.2 Å². The molecule has 0 bridgehead atoms. The molecular formula is C12H14N4. The maximum atomic E-state index is 8.81. The summed E-state index contributed by atoms with van der Waals surface area (Å²) in [5.41, 5.74) is 2.97. The molecule has 2 heterocycles. The summed E-state index contributed by atoms with van der Waals surface area (Å²) in [6.07, 6.45) is 2.02. The number of aromatic nitrogens is 2. The molecule has 1 N–H and O–H groups in total. The molecule has 0 saturated carbocycles. The van der Waals surface area contributed by atoms with E-state index in [0.717, 1.165) is 22.7 Å². The van der Waals surface area contributed by atoms with E-state index < -0.39 is 0 Å². The number of nitrogens with zero attached hydrogens (tertiary/aromatic N) is 3. The molecule has 0 aliphatic rings. The van der Waals surface area contributed by atoms with Gasteiger partial charge in [-0.15, -0.1) is 0 Å². The topological polar surface area (TPSA) is 53.1 Å². The lowest BCUT2D eigenvalue weighted by Crippen LogP contribution is -2.14. The zero-order valence-corrected chi connectivity index (χ0v) is 9.65. The first-order chi connectivity index (χ1) is 7.61. The Balaban J connectivity index is 2.55. The molecule has 0 fully saturated rings. The van der Waals surface area contributed by atoms with Gasteiger partial charge in [0.15, 0.2) is 0 Å². The van der Waals surface area contributed by atoms with E-state index in [2.05, 4.69) is 16.4 Å². The van der Waals surface area contributed by atoms with Gasteiger partial charge in [0.25, 0.3) is 0 Å². The Bertz CT molecular complexity index is 562. The summed E-state index contributed by atoms with van der Waals surface area (Å²) in [7, 11) is 0. The normalized spacial score (nSPS) is 12.4. The minimum Gasteiger partial charge on any atom is -0.354 e. The van der Waals surface area contributed by atoms with Gasteiger partial charge in [-0.25, -0.2) is 4.98 Å². The Morgan fingerprint density at radius 2 is 2.19 bits per heavy atom. The lowest BCUT2D eigenvalue weighted by Gasteiger charge is -2.08. The molecule has 0 saturated heterocycles. The zero-order chi connectivity index (χ0) is 11.7. The predicted molar refractivity (Wildman–Crippen MR) is 63.4 cm³/mol. The fourth-order valence-electron chi connectivity index (χ4n) is 1.68. The van der Waals surface area contributed by atoms with Crippen LogP contribution in [0.5, 0.6) is 0 Å². The van der Waals surface area contributed by atoms with Crippen molar-refractivity contribution in [3.8, 4) is 6.07 Å². The SMILES string of the molecule is Cc1ccc2nc(C)c(NC(C)C#N)n2c1. The molecule has 0 radical (unpaired) electrons. The zero-order valence-electron chi connectivity index (χ0n) is 9.65. The Morgan fingerprint density at radius 1 is 1.44 bits per heavy atom. The van der Waals surface area contributed by atoms with Gasteiger partial charge in [0.05, 0.1) is 11.8 Å². The van der Waals surface area contributed by atoms with Crippen molar-refractivity contribution in [3.63, 3.8) is 0 Å². The molecular weight excluding hydrogens is 200 g/mol. The Kier molecular flexibility index (Phi) is 2.53. The molecule has 2 aromatic heterocycles. The first-order valence-electron chi connectivity index (χ1n) is 5.23. The van der Waals surface area contributed by atoms with E-state index in [1.54, 1.807) is 0 Å². The molecule has 0 aromatic carbocycles. The van der Waals surface area contributed by atoms with E-state index >= 15 is 0 Å². The first kappa shape index (κ1) is 10.5. The van der Waals surface area contributed by atoms with Crippen molar-refractivity contribution in [2.75, 3.05) is 5.32 Å². The van der Waals surface area contributed by atoms with Crippen LogP contribution in [-0.2, 0) is 0 Å². The van der Waals surface area contributed by atoms with Crippen molar-refractivity contribution in [3.05, 3.63) is 29.6 Å². The number of aryl methyl sites for hydroxylation is 2. The van der Waals surface area contributed by atoms with E-state index in [0.29, 0.717) is 0 Å². The molecule has 82 valence electrons. The van der Waals surface area contributed by atoms with Crippen LogP contribution in [0.15, 0.2) is 18.3 Å². The fraction of sp³-hybridized carbons (Fsp3) is 0.333. The molecule has 0 aliphatic heterocycles. The van der Waals surface area contributed by atoms with Gasteiger partial charge in [0.2, 0.25) is 0 Å². The van der Waals surface area contributed by atoms with Gasteiger partial charge in [0, 0.05) is 6.20 Å². The maximum absolute atomic E-state index is 8.81. The number of anilines is 1. The Hall–Kier alpha value is -2.02. The smallest absolute Gasteiger partial charge is 0.138 e. The monoisotopic (exact) mass is 214 g/mol. The van der Waals surface area contributed by atoms with Gasteiger partial charge in [-0.2, -0.15) is 5.26 Å². The van der Waals surface area contributed by atoms with Gasteiger partial charge in [-0.1, -0.05) is 6.07 Å². The molecule has 0 aliphatic carbocycles. The minimum absolute atomic E-state index is 0.223. The van der Waals surface area contributed by atoms with Crippen molar-refractivity contribution in [2.45, 2.75) is 26.8 Å². The summed E-state index contributed by atoms with van der Waals surface area (Å²) in [6, 6.07) is 5.94. The highest BCUT2D eigenvalue weighted by atomic mass is 15.1. The number of hydrogen-bond donors (Lipinski definition) is 1. The van der Waals surface area contributed by atoms with Crippen molar-refractivity contribution >= 4 is 11.5 Å². The van der Waals surface area contributed by atoms with Crippen molar-refractivity contribution in [1.82, 2.24) is 9.38 Å². The van der Waals surface area contributed by atoms with Crippen molar-refractivity contribution < 1.29 is 0 Å². The second kappa shape index (κ2) is 3.86. The number of nitriles is 1. The summed E-state index contributed by atoms with van der Waals surface area (Å²) in [5.74, 6) is 0.896. The third kappa shape index (κ3) is 1.72. The van der Waals surface area contributed by atoms with E-state index in [4.69, 9.17) is 5.26 Å². The van der Waals surface area contributed by atoms with Crippen LogP contribution in [0.1, 0.15) is 18.2 Å². The largest absolute Gasteiger partial charge is 0.354 e. The molecule has 2 aromatic rings. The number of rotatable bonds is 2. The van der Waals surface area contributed by atoms with E-state index in [-0.39, 0.29) is 6.04 Å². The molecule has 4 heteroatoms. The van der Waals surface area contributed by atoms with Crippen LogP contribution in [0.2, 0.25) is 0 Å². The minimum atomic E-state index is -0.223. The average Bonchev–Trinajstić information content (AvgIpc) is 2.55. The van der Waals surface area contributed by atoms with Gasteiger partial charge in [-0.3, -0.25) is 4.40 Å². The first-order valence-corrected chi connectivity index (χ1v) is 5.23. The highest BCUT2D eigenvalue weighted by molar-refractivity contribution is 5.56. The van der Waals surface area contributed by atoms with Crippen LogP contribution in [-0.4, -0.2) is 15.4 Å². The van der Waals surface area contributed by atoms with E-state index in [1.165, 1.54) is 0 Å². The second-order valence-corrected chi connectivity index (χ2v) is 3.98. The Labute approximate surface area is 94.5 Å². The van der Waals surface area contributed by atoms with Crippen LogP contribution in [0.3, 0.4) is 0 Å². The van der Waals surface area contributed by atoms with Crippen LogP contribution >= 0.6 is 0 Å². The molecule has 16 heavy (non-hydrogen) atoms. The second-order valence-electron chi connectivity index (χ2n) is 3.98. The lowest BCUT2D eigenvalue weighted by molar-refractivity contribution is 0.976. The van der Waals surface area contributed by atoms with Gasteiger partial charge >= 0.3 is 0 Å². The van der Waals surface area contributed by atoms with Crippen molar-refractivity contribution in [1.29, 1.82) is 5.26 Å². The Morgan fingerprint density at radius 3 is 2.88 bits per heavy atom. The van der Waals surface area contributed by atoms with Crippen molar-refractivity contribution in [2.24, 2.45) is 0 Å². The number of imidazole rings is 1. The average molecular weight is 214 g/mol. The summed E-state index contributed by atoms with van der Waals surface area (Å²) >= 11 is 0. The summed E-state index contributed by atoms with van der Waals surface area (Å²) in [6.45, 7) is 5.80. The molecule has 2 rings (SSSR count). The molecule has 1 unspecified atom stereocenters. The standard InChI is InChI=1S/C12H14N4/c1-8-4-5-11-15-10(3)12(16(11)7-8)14-9(2)6-13/h4-5,7,9,14H,1-3H3. The molecule has 4 nitrogen and oxygen atoms in total. The predicted octanol–water partition coefficient (Wildman–Crippen LogP) is 2.28. The molecule has 0 amide bonds. The summed E-state index contributed by atoms with van der Waals surface area (Å²) in [5, 5.41) is 12.0. The number of fused-ring (bicyclic) bond motifs is 1. The van der Waals surface area contributed by atoms with E-state index in [9.17, 15) is 0 Å². The van der Waals surface area contributed by atoms with Crippen LogP contribution in [0.25, 0.3) is 5.65 Å².